The first-order chi connectivity index (χ1) is 11.0. The number of nitrogens with zero attached hydrogens (tertiary/aromatic N) is 3. The van der Waals surface area contributed by atoms with Crippen LogP contribution in [0.15, 0.2) is 18.3 Å². The van der Waals surface area contributed by atoms with E-state index in [1.807, 2.05) is 24.0 Å². The predicted molar refractivity (Wildman–Crippen MR) is 87.2 cm³/mol. The van der Waals surface area contributed by atoms with E-state index in [2.05, 4.69) is 5.10 Å². The van der Waals surface area contributed by atoms with Crippen molar-refractivity contribution in [3.8, 4) is 0 Å². The van der Waals surface area contributed by atoms with Crippen molar-refractivity contribution in [2.75, 3.05) is 13.1 Å². The fourth-order valence-corrected chi connectivity index (χ4v) is 3.86. The van der Waals surface area contributed by atoms with Gasteiger partial charge in [-0.05, 0) is 38.8 Å². The van der Waals surface area contributed by atoms with E-state index >= 15 is 0 Å². The van der Waals surface area contributed by atoms with Crippen LogP contribution in [0.25, 0.3) is 0 Å². The summed E-state index contributed by atoms with van der Waals surface area (Å²) in [6, 6.07) is 3.99. The van der Waals surface area contributed by atoms with Crippen molar-refractivity contribution in [1.29, 1.82) is 0 Å². The highest BCUT2D eigenvalue weighted by atomic mass is 32.1. The van der Waals surface area contributed by atoms with Crippen molar-refractivity contribution in [3.63, 3.8) is 0 Å². The molecule has 3 rings (SSSR count). The maximum atomic E-state index is 12.5. The molecule has 1 N–H and O–H groups in total. The number of aromatic nitrogens is 2. The molecule has 0 radical (unpaired) electrons. The molecule has 23 heavy (non-hydrogen) atoms. The zero-order valence-electron chi connectivity index (χ0n) is 13.2. The average Bonchev–Trinajstić information content (AvgIpc) is 3.13. The molecule has 2 aromatic heterocycles. The number of hydrogen-bond acceptors (Lipinski definition) is 4. The minimum atomic E-state index is -0.950. The van der Waals surface area contributed by atoms with Gasteiger partial charge < -0.3 is 10.0 Å². The Labute approximate surface area is 138 Å². The van der Waals surface area contributed by atoms with E-state index in [4.69, 9.17) is 5.11 Å². The Morgan fingerprint density at radius 1 is 1.26 bits per heavy atom. The van der Waals surface area contributed by atoms with Gasteiger partial charge in [0.05, 0.1) is 22.8 Å². The van der Waals surface area contributed by atoms with Crippen LogP contribution in [-0.2, 0) is 0 Å². The van der Waals surface area contributed by atoms with Crippen LogP contribution in [0.2, 0.25) is 0 Å². The lowest BCUT2D eigenvalue weighted by atomic mass is 10.0. The first-order valence-electron chi connectivity index (χ1n) is 7.60. The van der Waals surface area contributed by atoms with Gasteiger partial charge >= 0.3 is 5.97 Å². The van der Waals surface area contributed by atoms with Crippen molar-refractivity contribution >= 4 is 23.2 Å². The van der Waals surface area contributed by atoms with E-state index in [9.17, 15) is 9.59 Å². The number of aryl methyl sites for hydroxylation is 1. The van der Waals surface area contributed by atoms with E-state index in [0.29, 0.717) is 18.8 Å². The summed E-state index contributed by atoms with van der Waals surface area (Å²) in [4.78, 5) is 27.4. The fourth-order valence-electron chi connectivity index (χ4n) is 3.02. The number of aromatic carboxylic acids is 1. The van der Waals surface area contributed by atoms with Crippen LogP contribution >= 0.6 is 11.3 Å². The number of hydrogen-bond donors (Lipinski definition) is 1. The molecule has 0 aliphatic carbocycles. The highest BCUT2D eigenvalue weighted by Gasteiger charge is 2.27. The Kier molecular flexibility index (Phi) is 4.21. The van der Waals surface area contributed by atoms with Crippen LogP contribution in [-0.4, -0.2) is 44.8 Å². The second kappa shape index (κ2) is 6.16. The predicted octanol–water partition coefficient (Wildman–Crippen LogP) is 2.74. The van der Waals surface area contributed by atoms with Gasteiger partial charge in [0, 0.05) is 18.0 Å². The summed E-state index contributed by atoms with van der Waals surface area (Å²) in [5.41, 5.74) is 0.925. The normalized spacial score (nSPS) is 15.8. The number of carbonyl (C=O) groups excluding carboxylic acids is 1. The highest BCUT2D eigenvalue weighted by Crippen LogP contribution is 2.26. The van der Waals surface area contributed by atoms with Crippen LogP contribution in [0, 0.1) is 13.8 Å². The van der Waals surface area contributed by atoms with Crippen LogP contribution < -0.4 is 0 Å². The zero-order chi connectivity index (χ0) is 16.6. The third-order valence-corrected chi connectivity index (χ3v) is 5.31. The Hall–Kier alpha value is -2.15. The molecule has 1 aliphatic rings. The smallest absolute Gasteiger partial charge is 0.339 e. The van der Waals surface area contributed by atoms with Gasteiger partial charge in [-0.1, -0.05) is 0 Å². The molecule has 1 aliphatic heterocycles. The molecular weight excluding hydrogens is 314 g/mol. The lowest BCUT2D eigenvalue weighted by Gasteiger charge is -2.32. The number of piperidine rings is 1. The number of carbonyl (C=O) groups is 2. The first-order valence-corrected chi connectivity index (χ1v) is 8.42. The third kappa shape index (κ3) is 3.01. The van der Waals surface area contributed by atoms with Crippen LogP contribution in [0.3, 0.4) is 0 Å². The van der Waals surface area contributed by atoms with Gasteiger partial charge in [-0.25, -0.2) is 4.79 Å². The molecule has 3 heterocycles. The molecule has 1 amide bonds. The largest absolute Gasteiger partial charge is 0.478 e. The topological polar surface area (TPSA) is 75.4 Å². The summed E-state index contributed by atoms with van der Waals surface area (Å²) in [5, 5.41) is 13.3. The number of thiophene rings is 1. The van der Waals surface area contributed by atoms with Gasteiger partial charge in [0.2, 0.25) is 0 Å². The summed E-state index contributed by atoms with van der Waals surface area (Å²) < 4.78 is 1.79. The molecule has 0 saturated carbocycles. The van der Waals surface area contributed by atoms with Crippen LogP contribution in [0.5, 0.6) is 0 Å². The monoisotopic (exact) mass is 333 g/mol. The Morgan fingerprint density at radius 2 is 1.96 bits per heavy atom. The van der Waals surface area contributed by atoms with Crippen molar-refractivity contribution < 1.29 is 14.7 Å². The standard InChI is InChI=1S/C16H19N3O3S/c1-10-3-4-14(23-10)15(20)18-7-5-12(6-8-18)19-11(2)13(9-17-19)16(21)22/h3-4,9,12H,5-8H2,1-2H3,(H,21,22). The molecular formula is C16H19N3O3S. The molecule has 1 saturated heterocycles. The lowest BCUT2D eigenvalue weighted by Crippen LogP contribution is -2.39. The van der Waals surface area contributed by atoms with Crippen molar-refractivity contribution in [3.05, 3.63) is 39.3 Å². The summed E-state index contributed by atoms with van der Waals surface area (Å²) in [6.45, 7) is 5.11. The van der Waals surface area contributed by atoms with E-state index in [1.54, 1.807) is 11.6 Å². The van der Waals surface area contributed by atoms with Gasteiger partial charge in [0.25, 0.3) is 5.91 Å². The summed E-state index contributed by atoms with van der Waals surface area (Å²) in [5.74, 6) is -0.862. The maximum Gasteiger partial charge on any atom is 0.339 e. The molecule has 0 atom stereocenters. The molecule has 0 bridgehead atoms. The number of likely N-dealkylation sites (tertiary alicyclic amines) is 1. The molecule has 7 heteroatoms. The van der Waals surface area contributed by atoms with Crippen molar-refractivity contribution in [2.24, 2.45) is 0 Å². The van der Waals surface area contributed by atoms with Crippen molar-refractivity contribution in [2.45, 2.75) is 32.7 Å². The third-order valence-electron chi connectivity index (χ3n) is 4.32. The van der Waals surface area contributed by atoms with Crippen molar-refractivity contribution in [1.82, 2.24) is 14.7 Å². The minimum Gasteiger partial charge on any atom is -0.478 e. The van der Waals surface area contributed by atoms with E-state index in [-0.39, 0.29) is 17.5 Å². The number of carboxylic acid groups (broad SMARTS) is 1. The van der Waals surface area contributed by atoms with E-state index < -0.39 is 5.97 Å². The van der Waals surface area contributed by atoms with Gasteiger partial charge in [-0.3, -0.25) is 9.48 Å². The lowest BCUT2D eigenvalue weighted by molar-refractivity contribution is 0.0691. The Morgan fingerprint density at radius 3 is 2.48 bits per heavy atom. The summed E-state index contributed by atoms with van der Waals surface area (Å²) >= 11 is 1.52. The molecule has 0 unspecified atom stereocenters. The molecule has 0 spiro atoms. The van der Waals surface area contributed by atoms with Crippen LogP contribution in [0.4, 0.5) is 0 Å². The van der Waals surface area contributed by atoms with Gasteiger partial charge in [-0.15, -0.1) is 11.3 Å². The highest BCUT2D eigenvalue weighted by molar-refractivity contribution is 7.13. The summed E-state index contributed by atoms with van der Waals surface area (Å²) in [6.07, 6.45) is 2.99. The molecule has 0 aromatic carbocycles. The van der Waals surface area contributed by atoms with Crippen LogP contribution in [0.1, 0.15) is 49.5 Å². The summed E-state index contributed by atoms with van der Waals surface area (Å²) in [7, 11) is 0. The first kappa shape index (κ1) is 15.7. The Balaban J connectivity index is 1.67. The number of amides is 1. The second-order valence-electron chi connectivity index (χ2n) is 5.83. The van der Waals surface area contributed by atoms with Gasteiger partial charge in [0.15, 0.2) is 0 Å². The average molecular weight is 333 g/mol. The molecule has 2 aromatic rings. The SMILES string of the molecule is Cc1ccc(C(=O)N2CCC(n3ncc(C(=O)O)c3C)CC2)s1. The Bertz CT molecular complexity index is 742. The van der Waals surface area contributed by atoms with E-state index in [0.717, 1.165) is 22.6 Å². The maximum absolute atomic E-state index is 12.5. The zero-order valence-corrected chi connectivity index (χ0v) is 14.0. The fraction of sp³-hybridized carbons (Fsp3) is 0.438. The number of rotatable bonds is 3. The second-order valence-corrected chi connectivity index (χ2v) is 7.11. The van der Waals surface area contributed by atoms with Gasteiger partial charge in [0.1, 0.15) is 5.56 Å². The van der Waals surface area contributed by atoms with E-state index in [1.165, 1.54) is 17.5 Å². The number of carboxylic acids is 1. The minimum absolute atomic E-state index is 0.0879. The molecule has 1 fully saturated rings. The molecule has 6 nitrogen and oxygen atoms in total. The van der Waals surface area contributed by atoms with Gasteiger partial charge in [-0.2, -0.15) is 5.10 Å². The molecule has 122 valence electrons. The quantitative estimate of drug-likeness (QED) is 0.937.